The van der Waals surface area contributed by atoms with E-state index in [1.807, 2.05) is 31.9 Å². The van der Waals surface area contributed by atoms with E-state index >= 15 is 0 Å². The van der Waals surface area contributed by atoms with E-state index in [0.717, 1.165) is 70.7 Å². The largest absolute Gasteiger partial charge is 0.493 e. The number of piperazine rings is 1. The first-order chi connectivity index (χ1) is 15.8. The van der Waals surface area contributed by atoms with Crippen molar-refractivity contribution in [2.24, 2.45) is 0 Å². The Morgan fingerprint density at radius 3 is 2.48 bits per heavy atom. The van der Waals surface area contributed by atoms with Crippen molar-refractivity contribution in [1.82, 2.24) is 9.80 Å². The molecule has 1 aliphatic rings. The number of furan rings is 1. The normalized spacial score (nSPS) is 15.3. The number of fused-ring (bicyclic) bond motifs is 1. The summed E-state index contributed by atoms with van der Waals surface area (Å²) in [6, 6.07) is 8.59. The van der Waals surface area contributed by atoms with Gasteiger partial charge in [0.05, 0.1) is 12.9 Å². The van der Waals surface area contributed by atoms with Crippen molar-refractivity contribution in [3.05, 3.63) is 58.9 Å². The van der Waals surface area contributed by atoms with Gasteiger partial charge in [-0.25, -0.2) is 0 Å². The second-order valence-corrected chi connectivity index (χ2v) is 9.11. The first-order valence-corrected chi connectivity index (χ1v) is 11.7. The van der Waals surface area contributed by atoms with Gasteiger partial charge in [-0.15, -0.1) is 0 Å². The number of allylic oxidation sites excluding steroid dienone is 1. The van der Waals surface area contributed by atoms with E-state index in [1.54, 1.807) is 6.08 Å². The fraction of sp³-hybridized carbons (Fsp3) is 0.393. The van der Waals surface area contributed by atoms with E-state index < -0.39 is 0 Å². The highest BCUT2D eigenvalue weighted by atomic mass is 16.5. The van der Waals surface area contributed by atoms with Crippen LogP contribution >= 0.6 is 0 Å². The number of nitrogens with zero attached hydrogens (tertiary/aromatic N) is 2. The lowest BCUT2D eigenvalue weighted by atomic mass is 9.94. The van der Waals surface area contributed by atoms with E-state index in [-0.39, 0.29) is 5.91 Å². The number of aryl methyl sites for hydroxylation is 3. The van der Waals surface area contributed by atoms with Gasteiger partial charge < -0.3 is 19.0 Å². The topological polar surface area (TPSA) is 45.9 Å². The van der Waals surface area contributed by atoms with Crippen molar-refractivity contribution in [3.8, 4) is 16.9 Å². The van der Waals surface area contributed by atoms with E-state index in [1.165, 1.54) is 11.1 Å². The number of ether oxygens (including phenoxy) is 1. The second kappa shape index (κ2) is 9.44. The molecule has 4 rings (SSSR count). The van der Waals surface area contributed by atoms with Gasteiger partial charge in [-0.3, -0.25) is 4.79 Å². The van der Waals surface area contributed by atoms with Crippen molar-refractivity contribution in [1.29, 1.82) is 0 Å². The maximum atomic E-state index is 13.0. The number of amides is 1. The van der Waals surface area contributed by atoms with Crippen LogP contribution in [-0.4, -0.2) is 55.5 Å². The van der Waals surface area contributed by atoms with Gasteiger partial charge >= 0.3 is 0 Å². The fourth-order valence-corrected chi connectivity index (χ4v) is 4.64. The van der Waals surface area contributed by atoms with Crippen LogP contribution in [0.5, 0.6) is 5.75 Å². The predicted octanol–water partition coefficient (Wildman–Crippen LogP) is 5.60. The maximum Gasteiger partial charge on any atom is 0.246 e. The van der Waals surface area contributed by atoms with Gasteiger partial charge in [0, 0.05) is 54.3 Å². The summed E-state index contributed by atoms with van der Waals surface area (Å²) in [6.45, 7) is 14.1. The zero-order valence-corrected chi connectivity index (χ0v) is 20.6. The van der Waals surface area contributed by atoms with E-state index in [2.05, 4.69) is 50.1 Å². The van der Waals surface area contributed by atoms with Gasteiger partial charge in [0.1, 0.15) is 11.3 Å². The number of likely N-dealkylation sites (N-methyl/N-ethyl adjacent to an activating group) is 1. The standard InChI is InChI=1S/C28H34N2O3/c1-7-32-27-21(5)28-24(25(17-33-28)22-9-8-18(2)14-19(22)3)16-23(27)20(4)15-26(31)30-12-10-29(6)11-13-30/h8-9,14-17H,7,10-13H2,1-6H3/b20-15+. The predicted molar refractivity (Wildman–Crippen MR) is 135 cm³/mol. The first-order valence-electron chi connectivity index (χ1n) is 11.7. The molecule has 5 nitrogen and oxygen atoms in total. The highest BCUT2D eigenvalue weighted by Gasteiger charge is 2.22. The molecule has 0 saturated carbocycles. The molecule has 2 aromatic carbocycles. The van der Waals surface area contributed by atoms with Crippen LogP contribution in [0, 0.1) is 20.8 Å². The Hall–Kier alpha value is -3.05. The van der Waals surface area contributed by atoms with Crippen LogP contribution in [-0.2, 0) is 4.79 Å². The Morgan fingerprint density at radius 1 is 1.09 bits per heavy atom. The van der Waals surface area contributed by atoms with Gasteiger partial charge in [-0.2, -0.15) is 0 Å². The lowest BCUT2D eigenvalue weighted by Gasteiger charge is -2.31. The average Bonchev–Trinajstić information content (AvgIpc) is 3.20. The molecule has 1 fully saturated rings. The van der Waals surface area contributed by atoms with Crippen molar-refractivity contribution in [2.45, 2.75) is 34.6 Å². The lowest BCUT2D eigenvalue weighted by Crippen LogP contribution is -2.46. The van der Waals surface area contributed by atoms with Crippen molar-refractivity contribution < 1.29 is 13.9 Å². The van der Waals surface area contributed by atoms with Gasteiger partial charge in [0.2, 0.25) is 5.91 Å². The zero-order valence-electron chi connectivity index (χ0n) is 20.6. The molecule has 0 bridgehead atoms. The summed E-state index contributed by atoms with van der Waals surface area (Å²) >= 11 is 0. The van der Waals surface area contributed by atoms with Crippen LogP contribution in [0.25, 0.3) is 27.7 Å². The van der Waals surface area contributed by atoms with Gasteiger partial charge in [0.15, 0.2) is 0 Å². The number of rotatable bonds is 5. The molecule has 0 N–H and O–H groups in total. The Balaban J connectivity index is 1.80. The highest BCUT2D eigenvalue weighted by Crippen LogP contribution is 2.41. The summed E-state index contributed by atoms with van der Waals surface area (Å²) < 4.78 is 12.1. The molecule has 33 heavy (non-hydrogen) atoms. The molecule has 2 heterocycles. The molecule has 1 amide bonds. The molecule has 0 aliphatic carbocycles. The number of benzene rings is 2. The van der Waals surface area contributed by atoms with Crippen molar-refractivity contribution >= 4 is 22.4 Å². The molecular formula is C28H34N2O3. The van der Waals surface area contributed by atoms with Crippen LogP contribution in [0.1, 0.15) is 36.1 Å². The van der Waals surface area contributed by atoms with Gasteiger partial charge in [0.25, 0.3) is 0 Å². The third-order valence-corrected chi connectivity index (χ3v) is 6.58. The fourth-order valence-electron chi connectivity index (χ4n) is 4.64. The van der Waals surface area contributed by atoms with Gasteiger partial charge in [-0.1, -0.05) is 23.8 Å². The summed E-state index contributed by atoms with van der Waals surface area (Å²) in [7, 11) is 2.09. The Bertz CT molecular complexity index is 1210. The summed E-state index contributed by atoms with van der Waals surface area (Å²) in [4.78, 5) is 17.2. The van der Waals surface area contributed by atoms with Crippen molar-refractivity contribution in [3.63, 3.8) is 0 Å². The summed E-state index contributed by atoms with van der Waals surface area (Å²) in [5.74, 6) is 0.842. The van der Waals surface area contributed by atoms with Crippen molar-refractivity contribution in [2.75, 3.05) is 39.8 Å². The van der Waals surface area contributed by atoms with Crippen LogP contribution in [0.4, 0.5) is 0 Å². The maximum absolute atomic E-state index is 13.0. The second-order valence-electron chi connectivity index (χ2n) is 9.11. The number of carbonyl (C=O) groups excluding carboxylic acids is 1. The molecule has 0 radical (unpaired) electrons. The smallest absolute Gasteiger partial charge is 0.246 e. The first kappa shape index (κ1) is 23.1. The summed E-state index contributed by atoms with van der Waals surface area (Å²) in [6.07, 6.45) is 3.59. The molecule has 1 saturated heterocycles. The average molecular weight is 447 g/mol. The monoisotopic (exact) mass is 446 g/mol. The van der Waals surface area contributed by atoms with E-state index in [4.69, 9.17) is 9.15 Å². The highest BCUT2D eigenvalue weighted by molar-refractivity contribution is 6.02. The van der Waals surface area contributed by atoms with E-state index in [0.29, 0.717) is 6.61 Å². The Morgan fingerprint density at radius 2 is 1.82 bits per heavy atom. The summed E-state index contributed by atoms with van der Waals surface area (Å²) in [5.41, 5.74) is 8.30. The van der Waals surface area contributed by atoms with Crippen LogP contribution in [0.15, 0.2) is 41.0 Å². The minimum absolute atomic E-state index is 0.0580. The number of hydrogen-bond acceptors (Lipinski definition) is 4. The zero-order chi connectivity index (χ0) is 23.7. The Labute approximate surface area is 196 Å². The quantitative estimate of drug-likeness (QED) is 0.479. The van der Waals surface area contributed by atoms with Crippen LogP contribution in [0.3, 0.4) is 0 Å². The molecule has 3 aromatic rings. The lowest BCUT2D eigenvalue weighted by molar-refractivity contribution is -0.127. The molecule has 174 valence electrons. The third-order valence-electron chi connectivity index (χ3n) is 6.58. The van der Waals surface area contributed by atoms with E-state index in [9.17, 15) is 4.79 Å². The SMILES string of the molecule is CCOc1c(/C(C)=C/C(=O)N2CCN(C)CC2)cc2c(-c3ccc(C)cc3C)coc2c1C. The molecular weight excluding hydrogens is 412 g/mol. The number of hydrogen-bond donors (Lipinski definition) is 0. The minimum atomic E-state index is 0.0580. The Kier molecular flexibility index (Phi) is 6.61. The molecule has 0 spiro atoms. The molecule has 0 unspecified atom stereocenters. The molecule has 1 aromatic heterocycles. The minimum Gasteiger partial charge on any atom is -0.493 e. The van der Waals surface area contributed by atoms with Gasteiger partial charge in [-0.05, 0) is 64.4 Å². The molecule has 0 atom stereocenters. The number of carbonyl (C=O) groups is 1. The molecule has 1 aliphatic heterocycles. The summed E-state index contributed by atoms with van der Waals surface area (Å²) in [5, 5.41) is 1.04. The third kappa shape index (κ3) is 4.55. The molecule has 5 heteroatoms. The van der Waals surface area contributed by atoms with Crippen LogP contribution in [0.2, 0.25) is 0 Å². The van der Waals surface area contributed by atoms with Crippen LogP contribution < -0.4 is 4.74 Å².